The predicted octanol–water partition coefficient (Wildman–Crippen LogP) is -0.315. The largest absolute Gasteiger partial charge is 0.478 e. The van der Waals surface area contributed by atoms with Crippen LogP contribution in [0.2, 0.25) is 0 Å². The Bertz CT molecular complexity index is 402. The zero-order valence-electron chi connectivity index (χ0n) is 7.06. The van der Waals surface area contributed by atoms with Crippen LogP contribution in [0.3, 0.4) is 0 Å². The molecule has 6 heteroatoms. The standard InChI is InChI=1S/C8H8N2O4/c9-8(10)13-5-2-1-4(7(11)12)3-6(5)14-8/h1-3H,9-10H2,(H,11,12). The molecule has 1 aliphatic heterocycles. The maximum Gasteiger partial charge on any atom is 0.376 e. The Hall–Kier alpha value is -1.79. The minimum Gasteiger partial charge on any atom is -0.478 e. The number of hydrogen-bond donors (Lipinski definition) is 3. The minimum absolute atomic E-state index is 0.0880. The molecule has 0 saturated carbocycles. The van der Waals surface area contributed by atoms with E-state index >= 15 is 0 Å². The third-order valence-corrected chi connectivity index (χ3v) is 1.73. The molecule has 1 aliphatic rings. The summed E-state index contributed by atoms with van der Waals surface area (Å²) in [5.41, 5.74) is 10.8. The van der Waals surface area contributed by atoms with E-state index in [2.05, 4.69) is 0 Å². The number of carboxylic acid groups (broad SMARTS) is 1. The van der Waals surface area contributed by atoms with E-state index in [9.17, 15) is 4.79 Å². The molecular formula is C8H8N2O4. The highest BCUT2D eigenvalue weighted by Crippen LogP contribution is 2.36. The second-order valence-electron chi connectivity index (χ2n) is 2.89. The van der Waals surface area contributed by atoms with Crippen LogP contribution in [-0.4, -0.2) is 17.1 Å². The van der Waals surface area contributed by atoms with Gasteiger partial charge in [-0.25, -0.2) is 16.3 Å². The van der Waals surface area contributed by atoms with E-state index in [0.717, 1.165) is 0 Å². The summed E-state index contributed by atoms with van der Waals surface area (Å²) in [4.78, 5) is 10.6. The van der Waals surface area contributed by atoms with Gasteiger partial charge in [-0.05, 0) is 18.2 Å². The van der Waals surface area contributed by atoms with E-state index in [4.69, 9.17) is 26.0 Å². The van der Waals surface area contributed by atoms with Gasteiger partial charge in [-0.15, -0.1) is 0 Å². The molecule has 0 radical (unpaired) electrons. The second kappa shape index (κ2) is 2.60. The molecule has 0 saturated heterocycles. The molecule has 0 atom stereocenters. The molecule has 0 amide bonds. The van der Waals surface area contributed by atoms with Gasteiger partial charge in [-0.1, -0.05) is 0 Å². The smallest absolute Gasteiger partial charge is 0.376 e. The van der Waals surface area contributed by atoms with Gasteiger partial charge in [0.05, 0.1) is 5.56 Å². The molecule has 6 nitrogen and oxygen atoms in total. The average molecular weight is 196 g/mol. The zero-order valence-corrected chi connectivity index (χ0v) is 7.06. The summed E-state index contributed by atoms with van der Waals surface area (Å²) in [6.07, 6.45) is 0. The van der Waals surface area contributed by atoms with Crippen molar-refractivity contribution in [1.29, 1.82) is 0 Å². The molecule has 1 aromatic rings. The molecule has 14 heavy (non-hydrogen) atoms. The van der Waals surface area contributed by atoms with Crippen molar-refractivity contribution in [2.75, 3.05) is 0 Å². The van der Waals surface area contributed by atoms with Crippen LogP contribution < -0.4 is 20.9 Å². The van der Waals surface area contributed by atoms with Crippen molar-refractivity contribution < 1.29 is 19.4 Å². The van der Waals surface area contributed by atoms with Crippen molar-refractivity contribution in [1.82, 2.24) is 0 Å². The number of carboxylic acids is 1. The van der Waals surface area contributed by atoms with Crippen LogP contribution in [0.15, 0.2) is 18.2 Å². The molecule has 0 unspecified atom stereocenters. The van der Waals surface area contributed by atoms with Crippen molar-refractivity contribution in [3.05, 3.63) is 23.8 Å². The van der Waals surface area contributed by atoms with Crippen molar-refractivity contribution in [2.24, 2.45) is 11.5 Å². The van der Waals surface area contributed by atoms with Gasteiger partial charge in [0.15, 0.2) is 11.5 Å². The van der Waals surface area contributed by atoms with Gasteiger partial charge in [0.25, 0.3) is 0 Å². The van der Waals surface area contributed by atoms with Crippen LogP contribution in [0.25, 0.3) is 0 Å². The third kappa shape index (κ3) is 1.36. The Morgan fingerprint density at radius 3 is 2.57 bits per heavy atom. The van der Waals surface area contributed by atoms with E-state index in [1.807, 2.05) is 0 Å². The van der Waals surface area contributed by atoms with Gasteiger partial charge in [-0.2, -0.15) is 0 Å². The monoisotopic (exact) mass is 196 g/mol. The summed E-state index contributed by atoms with van der Waals surface area (Å²) in [6.45, 7) is 0. The number of rotatable bonds is 1. The van der Waals surface area contributed by atoms with Crippen LogP contribution >= 0.6 is 0 Å². The summed E-state index contributed by atoms with van der Waals surface area (Å²) < 4.78 is 9.92. The average Bonchev–Trinajstić information content (AvgIpc) is 2.36. The van der Waals surface area contributed by atoms with Crippen LogP contribution in [0, 0.1) is 0 Å². The summed E-state index contributed by atoms with van der Waals surface area (Å²) in [5, 5.41) is 8.69. The summed E-state index contributed by atoms with van der Waals surface area (Å²) in [7, 11) is 0. The molecule has 0 aliphatic carbocycles. The fourth-order valence-electron chi connectivity index (χ4n) is 1.17. The highest BCUT2D eigenvalue weighted by molar-refractivity contribution is 5.88. The van der Waals surface area contributed by atoms with E-state index in [0.29, 0.717) is 5.75 Å². The topological polar surface area (TPSA) is 108 Å². The number of aromatic carboxylic acids is 1. The van der Waals surface area contributed by atoms with Crippen LogP contribution in [0.5, 0.6) is 11.5 Å². The number of nitrogens with two attached hydrogens (primary N) is 2. The molecule has 5 N–H and O–H groups in total. The highest BCUT2D eigenvalue weighted by Gasteiger charge is 2.33. The molecule has 0 spiro atoms. The van der Waals surface area contributed by atoms with Crippen molar-refractivity contribution >= 4 is 5.97 Å². The molecule has 0 aromatic heterocycles. The van der Waals surface area contributed by atoms with Crippen molar-refractivity contribution in [2.45, 2.75) is 6.03 Å². The number of fused-ring (bicyclic) bond motifs is 1. The third-order valence-electron chi connectivity index (χ3n) is 1.73. The first-order chi connectivity index (χ1) is 6.48. The van der Waals surface area contributed by atoms with Crippen molar-refractivity contribution in [3.8, 4) is 11.5 Å². The lowest BCUT2D eigenvalue weighted by Crippen LogP contribution is -2.56. The number of benzene rings is 1. The molecule has 1 heterocycles. The SMILES string of the molecule is NC1(N)Oc2ccc(C(=O)O)cc2O1. The minimum atomic E-state index is -1.71. The molecule has 0 bridgehead atoms. The van der Waals surface area contributed by atoms with Crippen molar-refractivity contribution in [3.63, 3.8) is 0 Å². The number of hydrogen-bond acceptors (Lipinski definition) is 5. The number of ether oxygens (including phenoxy) is 2. The lowest BCUT2D eigenvalue weighted by Gasteiger charge is -2.14. The van der Waals surface area contributed by atoms with E-state index in [1.165, 1.54) is 18.2 Å². The first-order valence-electron chi connectivity index (χ1n) is 3.81. The van der Waals surface area contributed by atoms with E-state index < -0.39 is 12.0 Å². The molecule has 2 rings (SSSR count). The zero-order chi connectivity index (χ0) is 10.3. The van der Waals surface area contributed by atoms with Crippen LogP contribution in [0.4, 0.5) is 0 Å². The van der Waals surface area contributed by atoms with Gasteiger partial charge in [0.1, 0.15) is 0 Å². The van der Waals surface area contributed by atoms with Gasteiger partial charge in [0, 0.05) is 0 Å². The van der Waals surface area contributed by atoms with Crippen LogP contribution in [0.1, 0.15) is 10.4 Å². The first-order valence-corrected chi connectivity index (χ1v) is 3.81. The molecule has 0 fully saturated rings. The Morgan fingerprint density at radius 1 is 1.29 bits per heavy atom. The molecule has 74 valence electrons. The summed E-state index contributed by atoms with van der Waals surface area (Å²) >= 11 is 0. The first kappa shape index (κ1) is 8.79. The van der Waals surface area contributed by atoms with Gasteiger partial charge >= 0.3 is 12.0 Å². The molecule has 1 aromatic carbocycles. The van der Waals surface area contributed by atoms with E-state index in [1.54, 1.807) is 0 Å². The van der Waals surface area contributed by atoms with Gasteiger partial charge in [0.2, 0.25) is 0 Å². The number of carbonyl (C=O) groups is 1. The maximum absolute atomic E-state index is 10.6. The summed E-state index contributed by atoms with van der Waals surface area (Å²) in [5.74, 6) is -0.488. The highest BCUT2D eigenvalue weighted by atomic mass is 16.8. The fourth-order valence-corrected chi connectivity index (χ4v) is 1.17. The second-order valence-corrected chi connectivity index (χ2v) is 2.89. The predicted molar refractivity (Wildman–Crippen MR) is 45.8 cm³/mol. The normalized spacial score (nSPS) is 16.7. The Balaban J connectivity index is 2.40. The van der Waals surface area contributed by atoms with E-state index in [-0.39, 0.29) is 11.3 Å². The Kier molecular flexibility index (Phi) is 1.63. The fraction of sp³-hybridized carbons (Fsp3) is 0.125. The lowest BCUT2D eigenvalue weighted by atomic mass is 10.2. The molecular weight excluding hydrogens is 188 g/mol. The Morgan fingerprint density at radius 2 is 1.93 bits per heavy atom. The maximum atomic E-state index is 10.6. The quantitative estimate of drug-likeness (QED) is 0.531. The van der Waals surface area contributed by atoms with Crippen LogP contribution in [-0.2, 0) is 0 Å². The van der Waals surface area contributed by atoms with Gasteiger partial charge in [-0.3, -0.25) is 0 Å². The van der Waals surface area contributed by atoms with Gasteiger partial charge < -0.3 is 14.6 Å². The lowest BCUT2D eigenvalue weighted by molar-refractivity contribution is -0.0672. The Labute approximate surface area is 79.0 Å². The summed E-state index contributed by atoms with van der Waals surface area (Å²) in [6, 6.07) is 2.42.